The molecular weight excluding hydrogens is 721 g/mol. The second kappa shape index (κ2) is 17.9. The molecule has 4 saturated heterocycles. The summed E-state index contributed by atoms with van der Waals surface area (Å²) in [4.78, 5) is 51.8. The SMILES string of the molecule is CCOP(=O)(/C=C/[C@@H](NC(=O)[C@H](CC(C)C)NC(=O)[C@H](CO[C@H]1O[C@@H]2O[C@@]3(C)CC[C@H]4[C@H](C)CC[C@@H]([C@H]1C)[C@@]24OO3)NC(=O)O)c1ccccc1)OCC. The number of amides is 3. The molecular formula is C38H58N3O12P. The summed E-state index contributed by atoms with van der Waals surface area (Å²) >= 11 is 0. The molecule has 15 nitrogen and oxygen atoms in total. The van der Waals surface area contributed by atoms with Crippen LogP contribution >= 0.6 is 7.60 Å². The van der Waals surface area contributed by atoms with Gasteiger partial charge in [0.05, 0.1) is 25.9 Å². The first-order valence-electron chi connectivity index (χ1n) is 19.2. The van der Waals surface area contributed by atoms with E-state index in [4.69, 9.17) is 33.0 Å². The van der Waals surface area contributed by atoms with Crippen LogP contribution in [0, 0.1) is 29.6 Å². The number of nitrogens with one attached hydrogen (secondary N) is 3. The lowest BCUT2D eigenvalue weighted by molar-refractivity contribution is -0.577. The largest absolute Gasteiger partial charge is 0.465 e. The third kappa shape index (κ3) is 9.55. The Bertz CT molecular complexity index is 1520. The van der Waals surface area contributed by atoms with Crippen molar-refractivity contribution in [3.8, 4) is 0 Å². The van der Waals surface area contributed by atoms with Crippen LogP contribution in [0.3, 0.4) is 0 Å². The van der Waals surface area contributed by atoms with Crippen LogP contribution in [0.1, 0.15) is 92.2 Å². The summed E-state index contributed by atoms with van der Waals surface area (Å²) in [5.74, 6) is -0.674. The Balaban J connectivity index is 1.31. The zero-order valence-corrected chi connectivity index (χ0v) is 33.3. The maximum Gasteiger partial charge on any atom is 0.405 e. The van der Waals surface area contributed by atoms with Crippen LogP contribution in [0.25, 0.3) is 0 Å². The fourth-order valence-electron chi connectivity index (χ4n) is 8.39. The van der Waals surface area contributed by atoms with Crippen molar-refractivity contribution in [3.63, 3.8) is 0 Å². The van der Waals surface area contributed by atoms with Crippen LogP contribution in [0.15, 0.2) is 42.2 Å². The first kappa shape index (κ1) is 42.3. The average Bonchev–Trinajstić information content (AvgIpc) is 3.35. The lowest BCUT2D eigenvalue weighted by Crippen LogP contribution is -2.70. The highest BCUT2D eigenvalue weighted by Crippen LogP contribution is 2.60. The van der Waals surface area contributed by atoms with Crippen LogP contribution in [-0.2, 0) is 47.2 Å². The van der Waals surface area contributed by atoms with Crippen LogP contribution in [0.2, 0.25) is 0 Å². The van der Waals surface area contributed by atoms with Crippen molar-refractivity contribution in [3.05, 3.63) is 47.8 Å². The summed E-state index contributed by atoms with van der Waals surface area (Å²) in [6, 6.07) is 5.85. The van der Waals surface area contributed by atoms with E-state index in [0.717, 1.165) is 19.3 Å². The Labute approximate surface area is 318 Å². The molecule has 4 heterocycles. The molecule has 54 heavy (non-hydrogen) atoms. The molecule has 16 heteroatoms. The van der Waals surface area contributed by atoms with Gasteiger partial charge in [-0.1, -0.05) is 58.0 Å². The zero-order chi connectivity index (χ0) is 39.3. The molecule has 3 amide bonds. The van der Waals surface area contributed by atoms with Gasteiger partial charge in [-0.15, -0.1) is 0 Å². The van der Waals surface area contributed by atoms with E-state index in [-0.39, 0.29) is 49.9 Å². The maximum atomic E-state index is 13.9. The van der Waals surface area contributed by atoms with Gasteiger partial charge in [-0.05, 0) is 75.8 Å². The molecule has 0 radical (unpaired) electrons. The van der Waals surface area contributed by atoms with Gasteiger partial charge in [0.25, 0.3) is 0 Å². The van der Waals surface area contributed by atoms with Crippen molar-refractivity contribution in [2.24, 2.45) is 29.6 Å². The van der Waals surface area contributed by atoms with Crippen molar-refractivity contribution in [2.45, 2.75) is 123 Å². The predicted octanol–water partition coefficient (Wildman–Crippen LogP) is 6.02. The predicted molar refractivity (Wildman–Crippen MR) is 196 cm³/mol. The normalized spacial score (nSPS) is 32.3. The summed E-state index contributed by atoms with van der Waals surface area (Å²) in [5, 5.41) is 17.7. The van der Waals surface area contributed by atoms with Gasteiger partial charge >= 0.3 is 13.7 Å². The van der Waals surface area contributed by atoms with E-state index in [1.54, 1.807) is 44.2 Å². The topological polar surface area (TPSA) is 189 Å². The monoisotopic (exact) mass is 779 g/mol. The molecule has 5 aliphatic rings. The highest BCUT2D eigenvalue weighted by Gasteiger charge is 2.69. The molecule has 0 aromatic heterocycles. The first-order valence-corrected chi connectivity index (χ1v) is 20.8. The Morgan fingerprint density at radius 2 is 1.65 bits per heavy atom. The molecule has 4 aliphatic heterocycles. The number of carbonyl (C=O) groups excluding carboxylic acids is 2. The summed E-state index contributed by atoms with van der Waals surface area (Å²) in [6.07, 6.45) is 2.07. The fourth-order valence-corrected chi connectivity index (χ4v) is 9.74. The van der Waals surface area contributed by atoms with Crippen LogP contribution in [0.5, 0.6) is 0 Å². The molecule has 1 aliphatic carbocycles. The zero-order valence-electron chi connectivity index (χ0n) is 32.4. The number of hydrogen-bond donors (Lipinski definition) is 4. The molecule has 302 valence electrons. The molecule has 1 aromatic carbocycles. The average molecular weight is 780 g/mol. The van der Waals surface area contributed by atoms with Gasteiger partial charge in [0.2, 0.25) is 17.6 Å². The molecule has 1 saturated carbocycles. The van der Waals surface area contributed by atoms with Crippen LogP contribution in [-0.4, -0.2) is 78.9 Å². The van der Waals surface area contributed by atoms with E-state index in [0.29, 0.717) is 17.9 Å². The van der Waals surface area contributed by atoms with E-state index in [1.165, 1.54) is 5.82 Å². The maximum absolute atomic E-state index is 13.9. The van der Waals surface area contributed by atoms with Crippen molar-refractivity contribution in [2.75, 3.05) is 19.8 Å². The van der Waals surface area contributed by atoms with Gasteiger partial charge in [-0.25, -0.2) is 14.6 Å². The molecule has 1 spiro atoms. The molecule has 5 fully saturated rings. The first-order chi connectivity index (χ1) is 25.6. The Morgan fingerprint density at radius 1 is 0.963 bits per heavy atom. The minimum Gasteiger partial charge on any atom is -0.465 e. The lowest BCUT2D eigenvalue weighted by atomic mass is 9.58. The number of fused-ring (bicyclic) bond motifs is 2. The van der Waals surface area contributed by atoms with Crippen molar-refractivity contribution < 1.29 is 57.1 Å². The molecule has 11 atom stereocenters. The molecule has 6 rings (SSSR count). The van der Waals surface area contributed by atoms with Gasteiger partial charge in [-0.2, -0.15) is 0 Å². The summed E-state index contributed by atoms with van der Waals surface area (Å²) in [5.41, 5.74) is -0.120. The summed E-state index contributed by atoms with van der Waals surface area (Å²) < 4.78 is 43.1. The van der Waals surface area contributed by atoms with E-state index in [9.17, 15) is 24.1 Å². The quantitative estimate of drug-likeness (QED) is 0.107. The van der Waals surface area contributed by atoms with Gasteiger partial charge in [-0.3, -0.25) is 14.2 Å². The minimum absolute atomic E-state index is 0.0289. The number of benzene rings is 1. The van der Waals surface area contributed by atoms with Gasteiger partial charge in [0.15, 0.2) is 18.2 Å². The number of carboxylic acid groups (broad SMARTS) is 1. The van der Waals surface area contributed by atoms with Crippen LogP contribution < -0.4 is 16.0 Å². The number of carbonyl (C=O) groups is 3. The third-order valence-corrected chi connectivity index (χ3v) is 12.8. The minimum atomic E-state index is -3.59. The van der Waals surface area contributed by atoms with Crippen molar-refractivity contribution in [1.82, 2.24) is 16.0 Å². The van der Waals surface area contributed by atoms with Crippen molar-refractivity contribution in [1.29, 1.82) is 0 Å². The van der Waals surface area contributed by atoms with Gasteiger partial charge < -0.3 is 44.3 Å². The second-order valence-corrected chi connectivity index (χ2v) is 17.3. The van der Waals surface area contributed by atoms with Crippen LogP contribution in [0.4, 0.5) is 4.79 Å². The Hall–Kier alpha value is -2.88. The van der Waals surface area contributed by atoms with Crippen molar-refractivity contribution >= 4 is 25.5 Å². The van der Waals surface area contributed by atoms with E-state index < -0.39 is 67.6 Å². The summed E-state index contributed by atoms with van der Waals surface area (Å²) in [6.45, 7) is 13.2. The smallest absolute Gasteiger partial charge is 0.405 e. The van der Waals surface area contributed by atoms with E-state index >= 15 is 0 Å². The molecule has 4 N–H and O–H groups in total. The second-order valence-electron chi connectivity index (χ2n) is 15.4. The molecule has 2 bridgehead atoms. The van der Waals surface area contributed by atoms with Gasteiger partial charge in [0, 0.05) is 24.1 Å². The molecule has 1 aromatic rings. The molecule has 0 unspecified atom stereocenters. The van der Waals surface area contributed by atoms with E-state index in [2.05, 4.69) is 22.9 Å². The fraction of sp³-hybridized carbons (Fsp3) is 0.711. The number of hydrogen-bond acceptors (Lipinski definition) is 11. The highest BCUT2D eigenvalue weighted by molar-refractivity contribution is 7.57. The standard InChI is InChI=1S/C38H58N3O12P/c1-8-48-54(46,49-9-2)20-18-29(26-13-11-10-12-14-26)39-32(42)30(21-23(3)4)40-33(43)31(41-36(44)45)22-47-34-25(6)28-16-15-24(5)27-17-19-37(7)51-35(50-34)38(27,28)53-52-37/h10-14,18,20,23-25,27-31,34-35,41H,8-9,15-17,19,21-22H2,1-7H3,(H,39,42)(H,40,43)(H,44,45)/b20-18+/t24-,25-,27+,28+,29-,30+,31+,34+,35-,37-,38-/m1/s1. The highest BCUT2D eigenvalue weighted by atomic mass is 31.2. The van der Waals surface area contributed by atoms with E-state index in [1.807, 2.05) is 33.8 Å². The Morgan fingerprint density at radius 3 is 2.30 bits per heavy atom. The lowest BCUT2D eigenvalue weighted by Gasteiger charge is -2.60. The number of rotatable bonds is 17. The summed E-state index contributed by atoms with van der Waals surface area (Å²) in [7, 11) is -3.59. The van der Waals surface area contributed by atoms with Gasteiger partial charge in [0.1, 0.15) is 12.1 Å². The number of ether oxygens (including phenoxy) is 3. The third-order valence-electron chi connectivity index (χ3n) is 11.0. The Kier molecular flexibility index (Phi) is 14.0.